The van der Waals surface area contributed by atoms with Gasteiger partial charge in [-0.3, -0.25) is 0 Å². The van der Waals surface area contributed by atoms with Gasteiger partial charge in [0.05, 0.1) is 6.10 Å². The molecule has 112 valence electrons. The summed E-state index contributed by atoms with van der Waals surface area (Å²) in [6.07, 6.45) is 4.37. The standard InChI is InChI=1S/C14H21F2N3O/c1-2-17-13-11(15)9-12(16)14(19-13)18-7-6-10-5-3-4-8-20-10/h9-10H,2-8H2,1H3,(H2,17,18,19). The highest BCUT2D eigenvalue weighted by atomic mass is 19.1. The number of rotatable bonds is 6. The lowest BCUT2D eigenvalue weighted by Gasteiger charge is -2.22. The van der Waals surface area contributed by atoms with E-state index in [4.69, 9.17) is 4.74 Å². The molecule has 1 fully saturated rings. The van der Waals surface area contributed by atoms with Crippen LogP contribution in [-0.4, -0.2) is 30.8 Å². The first kappa shape index (κ1) is 15.0. The lowest BCUT2D eigenvalue weighted by Crippen LogP contribution is -2.22. The first-order valence-corrected chi connectivity index (χ1v) is 7.16. The molecule has 1 saturated heterocycles. The maximum Gasteiger partial charge on any atom is 0.168 e. The molecule has 0 spiro atoms. The van der Waals surface area contributed by atoms with Crippen molar-refractivity contribution in [3.05, 3.63) is 17.7 Å². The predicted octanol–water partition coefficient (Wildman–Crippen LogP) is 3.16. The zero-order valence-corrected chi connectivity index (χ0v) is 11.7. The molecule has 0 saturated carbocycles. The summed E-state index contributed by atoms with van der Waals surface area (Å²) < 4.78 is 32.6. The van der Waals surface area contributed by atoms with Gasteiger partial charge in [-0.25, -0.2) is 13.8 Å². The summed E-state index contributed by atoms with van der Waals surface area (Å²) in [7, 11) is 0. The average Bonchev–Trinajstić information content (AvgIpc) is 2.45. The molecular formula is C14H21F2N3O. The molecule has 2 heterocycles. The normalized spacial score (nSPS) is 18.9. The number of anilines is 2. The third-order valence-corrected chi connectivity index (χ3v) is 3.31. The summed E-state index contributed by atoms with van der Waals surface area (Å²) >= 11 is 0. The van der Waals surface area contributed by atoms with Gasteiger partial charge in [0.2, 0.25) is 0 Å². The fourth-order valence-electron chi connectivity index (χ4n) is 2.27. The van der Waals surface area contributed by atoms with Gasteiger partial charge in [0.15, 0.2) is 23.3 Å². The van der Waals surface area contributed by atoms with Gasteiger partial charge in [-0.1, -0.05) is 0 Å². The fourth-order valence-corrected chi connectivity index (χ4v) is 2.27. The Bertz CT molecular complexity index is 437. The number of nitrogens with zero attached hydrogens (tertiary/aromatic N) is 1. The Kier molecular flexibility index (Phi) is 5.52. The molecule has 6 heteroatoms. The maximum atomic E-state index is 13.6. The van der Waals surface area contributed by atoms with Crippen molar-refractivity contribution in [3.8, 4) is 0 Å². The third kappa shape index (κ3) is 4.03. The van der Waals surface area contributed by atoms with E-state index in [1.165, 1.54) is 6.42 Å². The van der Waals surface area contributed by atoms with Gasteiger partial charge in [0, 0.05) is 25.8 Å². The highest BCUT2D eigenvalue weighted by molar-refractivity contribution is 5.47. The van der Waals surface area contributed by atoms with Crippen LogP contribution in [0.5, 0.6) is 0 Å². The first-order chi connectivity index (χ1) is 9.70. The molecule has 1 unspecified atom stereocenters. The molecule has 1 aromatic rings. The minimum atomic E-state index is -0.675. The Morgan fingerprint density at radius 2 is 2.00 bits per heavy atom. The number of hydrogen-bond donors (Lipinski definition) is 2. The molecular weight excluding hydrogens is 264 g/mol. The lowest BCUT2D eigenvalue weighted by atomic mass is 10.1. The molecule has 0 bridgehead atoms. The Morgan fingerprint density at radius 3 is 2.65 bits per heavy atom. The Balaban J connectivity index is 1.89. The van der Waals surface area contributed by atoms with Crippen LogP contribution < -0.4 is 10.6 Å². The van der Waals surface area contributed by atoms with E-state index in [0.717, 1.165) is 31.9 Å². The number of pyridine rings is 1. The molecule has 4 nitrogen and oxygen atoms in total. The monoisotopic (exact) mass is 285 g/mol. The van der Waals surface area contributed by atoms with Crippen molar-refractivity contribution >= 4 is 11.6 Å². The van der Waals surface area contributed by atoms with Gasteiger partial charge in [-0.15, -0.1) is 0 Å². The van der Waals surface area contributed by atoms with Crippen LogP contribution in [0.3, 0.4) is 0 Å². The van der Waals surface area contributed by atoms with Crippen molar-refractivity contribution < 1.29 is 13.5 Å². The van der Waals surface area contributed by atoms with Gasteiger partial charge >= 0.3 is 0 Å². The number of aromatic nitrogens is 1. The van der Waals surface area contributed by atoms with Crippen LogP contribution in [-0.2, 0) is 4.74 Å². The second-order valence-corrected chi connectivity index (χ2v) is 4.88. The first-order valence-electron chi connectivity index (χ1n) is 7.16. The summed E-state index contributed by atoms with van der Waals surface area (Å²) in [5, 5.41) is 5.68. The number of halogens is 2. The van der Waals surface area contributed by atoms with Crippen LogP contribution in [0.1, 0.15) is 32.6 Å². The van der Waals surface area contributed by atoms with Crippen molar-refractivity contribution in [2.75, 3.05) is 30.3 Å². The smallest absolute Gasteiger partial charge is 0.168 e. The van der Waals surface area contributed by atoms with Crippen molar-refractivity contribution in [1.82, 2.24) is 4.98 Å². The average molecular weight is 285 g/mol. The van der Waals surface area contributed by atoms with E-state index in [1.807, 2.05) is 6.92 Å². The molecule has 1 aromatic heterocycles. The third-order valence-electron chi connectivity index (χ3n) is 3.31. The van der Waals surface area contributed by atoms with E-state index in [2.05, 4.69) is 15.6 Å². The van der Waals surface area contributed by atoms with E-state index in [9.17, 15) is 8.78 Å². The minimum absolute atomic E-state index is 0.0744. The summed E-state index contributed by atoms with van der Waals surface area (Å²) in [5.74, 6) is -1.19. The zero-order valence-electron chi connectivity index (χ0n) is 11.7. The van der Waals surface area contributed by atoms with Crippen LogP contribution in [0.15, 0.2) is 6.07 Å². The van der Waals surface area contributed by atoms with E-state index in [0.29, 0.717) is 13.1 Å². The maximum absolute atomic E-state index is 13.6. The van der Waals surface area contributed by atoms with Crippen LogP contribution in [0.4, 0.5) is 20.4 Å². The van der Waals surface area contributed by atoms with Crippen molar-refractivity contribution in [2.45, 2.75) is 38.7 Å². The molecule has 20 heavy (non-hydrogen) atoms. The SMILES string of the molecule is CCNc1nc(NCCC2CCCCO2)c(F)cc1F. The molecule has 1 atom stereocenters. The molecule has 0 aliphatic carbocycles. The van der Waals surface area contributed by atoms with Crippen LogP contribution in [0.2, 0.25) is 0 Å². The molecule has 1 aliphatic heterocycles. The largest absolute Gasteiger partial charge is 0.378 e. The van der Waals surface area contributed by atoms with Crippen LogP contribution in [0.25, 0.3) is 0 Å². The quantitative estimate of drug-likeness (QED) is 0.843. The highest BCUT2D eigenvalue weighted by Gasteiger charge is 2.15. The van der Waals surface area contributed by atoms with Crippen LogP contribution in [0, 0.1) is 11.6 Å². The molecule has 0 aromatic carbocycles. The number of ether oxygens (including phenoxy) is 1. The summed E-state index contributed by atoms with van der Waals surface area (Å²) in [4.78, 5) is 3.93. The predicted molar refractivity (Wildman–Crippen MR) is 75.0 cm³/mol. The zero-order chi connectivity index (χ0) is 14.4. The Labute approximate surface area is 117 Å². The van der Waals surface area contributed by atoms with Gasteiger partial charge in [-0.2, -0.15) is 0 Å². The molecule has 0 amide bonds. The number of hydrogen-bond acceptors (Lipinski definition) is 4. The lowest BCUT2D eigenvalue weighted by molar-refractivity contribution is 0.0134. The van der Waals surface area contributed by atoms with Gasteiger partial charge < -0.3 is 15.4 Å². The van der Waals surface area contributed by atoms with Crippen molar-refractivity contribution in [3.63, 3.8) is 0 Å². The highest BCUT2D eigenvalue weighted by Crippen LogP contribution is 2.20. The van der Waals surface area contributed by atoms with Crippen molar-refractivity contribution in [1.29, 1.82) is 0 Å². The summed E-state index contributed by atoms with van der Waals surface area (Å²) in [6.45, 7) is 3.73. The second-order valence-electron chi connectivity index (χ2n) is 4.88. The Morgan fingerprint density at radius 1 is 1.25 bits per heavy atom. The van der Waals surface area contributed by atoms with Gasteiger partial charge in [-0.05, 0) is 32.6 Å². The number of nitrogens with one attached hydrogen (secondary N) is 2. The molecule has 1 aliphatic rings. The molecule has 2 N–H and O–H groups in total. The van der Waals surface area contributed by atoms with Gasteiger partial charge in [0.1, 0.15) is 0 Å². The van der Waals surface area contributed by atoms with E-state index in [-0.39, 0.29) is 17.7 Å². The van der Waals surface area contributed by atoms with E-state index in [1.54, 1.807) is 0 Å². The molecule has 2 rings (SSSR count). The Hall–Kier alpha value is -1.43. The van der Waals surface area contributed by atoms with E-state index < -0.39 is 11.6 Å². The second kappa shape index (κ2) is 7.38. The van der Waals surface area contributed by atoms with Gasteiger partial charge in [0.25, 0.3) is 0 Å². The minimum Gasteiger partial charge on any atom is -0.378 e. The van der Waals surface area contributed by atoms with Crippen molar-refractivity contribution in [2.24, 2.45) is 0 Å². The van der Waals surface area contributed by atoms with E-state index >= 15 is 0 Å². The fraction of sp³-hybridized carbons (Fsp3) is 0.643. The summed E-state index contributed by atoms with van der Waals surface area (Å²) in [6, 6.07) is 0.852. The topological polar surface area (TPSA) is 46.2 Å². The van der Waals surface area contributed by atoms with Crippen LogP contribution >= 0.6 is 0 Å². The summed E-state index contributed by atoms with van der Waals surface area (Å²) in [5.41, 5.74) is 0. The molecule has 0 radical (unpaired) electrons.